The van der Waals surface area contributed by atoms with Crippen LogP contribution in [-0.2, 0) is 0 Å². The number of thiazole rings is 2. The van der Waals surface area contributed by atoms with Crippen LogP contribution in [0.15, 0.2) is 36.4 Å². The number of carbonyl (C=O) groups is 1. The lowest BCUT2D eigenvalue weighted by molar-refractivity contribution is 0.0986. The van der Waals surface area contributed by atoms with Crippen molar-refractivity contribution in [2.24, 2.45) is 0 Å². The number of aryl methyl sites for hydroxylation is 1. The second-order valence-corrected chi connectivity index (χ2v) is 9.64. The zero-order chi connectivity index (χ0) is 20.5. The molecule has 0 bridgehead atoms. The van der Waals surface area contributed by atoms with Gasteiger partial charge < -0.3 is 4.90 Å². The first kappa shape index (κ1) is 22.9. The molecule has 1 amide bonds. The fourth-order valence-electron chi connectivity index (χ4n) is 3.17. The van der Waals surface area contributed by atoms with E-state index in [0.29, 0.717) is 21.7 Å². The van der Waals surface area contributed by atoms with Crippen molar-refractivity contribution < 1.29 is 4.79 Å². The second-order valence-electron chi connectivity index (χ2n) is 7.17. The molecule has 4 aromatic rings. The van der Waals surface area contributed by atoms with E-state index in [4.69, 9.17) is 16.6 Å². The van der Waals surface area contributed by atoms with E-state index in [1.165, 1.54) is 22.7 Å². The molecule has 4 rings (SSSR count). The Balaban J connectivity index is 0.00000256. The van der Waals surface area contributed by atoms with Crippen LogP contribution in [0.25, 0.3) is 20.4 Å². The van der Waals surface area contributed by atoms with E-state index < -0.39 is 0 Å². The van der Waals surface area contributed by atoms with Crippen LogP contribution in [-0.4, -0.2) is 48.0 Å². The summed E-state index contributed by atoms with van der Waals surface area (Å²) in [5, 5.41) is 1.86. The van der Waals surface area contributed by atoms with Crippen molar-refractivity contribution in [1.29, 1.82) is 0 Å². The van der Waals surface area contributed by atoms with Crippen molar-refractivity contribution in [3.8, 4) is 0 Å². The third kappa shape index (κ3) is 4.76. The predicted octanol–water partition coefficient (Wildman–Crippen LogP) is 5.89. The maximum Gasteiger partial charge on any atom is 0.289 e. The lowest BCUT2D eigenvalue weighted by atomic mass is 10.2. The van der Waals surface area contributed by atoms with Gasteiger partial charge in [0.2, 0.25) is 0 Å². The lowest BCUT2D eigenvalue weighted by Crippen LogP contribution is -2.33. The Bertz CT molecular complexity index is 1160. The van der Waals surface area contributed by atoms with Crippen molar-refractivity contribution in [1.82, 2.24) is 14.9 Å². The standard InChI is InChI=1S/C21H21ClN4OS2.ClH/c1-13-11-14(22)12-17-18(13)24-21(29-17)26(10-6-9-25(2)3)20(27)19-23-15-7-4-5-8-16(15)28-19;/h4-5,7-8,11-12H,6,9-10H2,1-3H3;1H. The van der Waals surface area contributed by atoms with Gasteiger partial charge in [0.1, 0.15) is 0 Å². The quantitative estimate of drug-likeness (QED) is 0.345. The largest absolute Gasteiger partial charge is 0.309 e. The molecule has 0 N–H and O–H groups in total. The van der Waals surface area contributed by atoms with E-state index in [1.54, 1.807) is 4.90 Å². The first-order valence-electron chi connectivity index (χ1n) is 9.31. The zero-order valence-electron chi connectivity index (χ0n) is 16.9. The van der Waals surface area contributed by atoms with Gasteiger partial charge in [-0.1, -0.05) is 35.1 Å². The molecular formula is C21H22Cl2N4OS2. The highest BCUT2D eigenvalue weighted by Crippen LogP contribution is 2.34. The van der Waals surface area contributed by atoms with Gasteiger partial charge in [0.05, 0.1) is 20.4 Å². The van der Waals surface area contributed by atoms with Crippen LogP contribution in [0.3, 0.4) is 0 Å². The fourth-order valence-corrected chi connectivity index (χ4v) is 5.53. The number of nitrogens with zero attached hydrogens (tertiary/aromatic N) is 4. The van der Waals surface area contributed by atoms with Gasteiger partial charge >= 0.3 is 0 Å². The third-order valence-corrected chi connectivity index (χ3v) is 6.85. The van der Waals surface area contributed by atoms with Gasteiger partial charge in [0, 0.05) is 11.6 Å². The molecule has 0 saturated carbocycles. The van der Waals surface area contributed by atoms with Crippen LogP contribution in [0.1, 0.15) is 21.8 Å². The molecule has 0 radical (unpaired) electrons. The second kappa shape index (κ2) is 9.58. The lowest BCUT2D eigenvalue weighted by Gasteiger charge is -2.19. The molecule has 0 spiro atoms. The molecular weight excluding hydrogens is 459 g/mol. The molecule has 0 aliphatic rings. The summed E-state index contributed by atoms with van der Waals surface area (Å²) in [6.07, 6.45) is 0.847. The summed E-state index contributed by atoms with van der Waals surface area (Å²) in [7, 11) is 4.06. The summed E-state index contributed by atoms with van der Waals surface area (Å²) < 4.78 is 2.00. The number of para-hydroxylation sites is 1. The van der Waals surface area contributed by atoms with E-state index in [1.807, 2.05) is 57.4 Å². The maximum atomic E-state index is 13.4. The summed E-state index contributed by atoms with van der Waals surface area (Å²) in [6, 6.07) is 11.6. The molecule has 0 aliphatic heterocycles. The van der Waals surface area contributed by atoms with E-state index in [2.05, 4.69) is 9.88 Å². The summed E-state index contributed by atoms with van der Waals surface area (Å²) in [5.74, 6) is -0.104. The third-order valence-electron chi connectivity index (χ3n) is 4.58. The number of anilines is 1. The van der Waals surface area contributed by atoms with Crippen LogP contribution in [0.5, 0.6) is 0 Å². The van der Waals surface area contributed by atoms with Crippen molar-refractivity contribution in [2.45, 2.75) is 13.3 Å². The molecule has 30 heavy (non-hydrogen) atoms. The molecule has 2 aromatic carbocycles. The maximum absolute atomic E-state index is 13.4. The Morgan fingerprint density at radius 1 is 1.07 bits per heavy atom. The normalized spacial score (nSPS) is 11.2. The van der Waals surface area contributed by atoms with Gasteiger partial charge in [-0.05, 0) is 63.8 Å². The Labute approximate surface area is 194 Å². The van der Waals surface area contributed by atoms with Crippen molar-refractivity contribution in [2.75, 3.05) is 32.1 Å². The van der Waals surface area contributed by atoms with Crippen molar-refractivity contribution in [3.05, 3.63) is 52.0 Å². The Kier molecular flexibility index (Phi) is 7.31. The smallest absolute Gasteiger partial charge is 0.289 e. The number of fused-ring (bicyclic) bond motifs is 2. The van der Waals surface area contributed by atoms with Crippen molar-refractivity contribution in [3.63, 3.8) is 0 Å². The Hall–Kier alpha value is -1.77. The molecule has 0 fully saturated rings. The fraction of sp³-hybridized carbons (Fsp3) is 0.286. The number of hydrogen-bond donors (Lipinski definition) is 0. The minimum absolute atomic E-state index is 0. The van der Waals surface area contributed by atoms with E-state index in [0.717, 1.165) is 39.0 Å². The van der Waals surface area contributed by atoms with Crippen LogP contribution < -0.4 is 4.90 Å². The number of benzene rings is 2. The number of hydrogen-bond acceptors (Lipinski definition) is 6. The van der Waals surface area contributed by atoms with Gasteiger partial charge in [-0.2, -0.15) is 0 Å². The Morgan fingerprint density at radius 3 is 2.57 bits per heavy atom. The summed E-state index contributed by atoms with van der Waals surface area (Å²) in [6.45, 7) is 3.46. The first-order chi connectivity index (χ1) is 13.9. The average Bonchev–Trinajstić information content (AvgIpc) is 3.28. The van der Waals surface area contributed by atoms with Gasteiger partial charge in [-0.15, -0.1) is 23.7 Å². The van der Waals surface area contributed by atoms with E-state index in [9.17, 15) is 4.79 Å². The van der Waals surface area contributed by atoms with E-state index >= 15 is 0 Å². The highest BCUT2D eigenvalue weighted by molar-refractivity contribution is 7.23. The molecule has 0 saturated heterocycles. The van der Waals surface area contributed by atoms with Crippen LogP contribution in [0.2, 0.25) is 5.02 Å². The molecule has 0 unspecified atom stereocenters. The van der Waals surface area contributed by atoms with Crippen molar-refractivity contribution >= 4 is 78.2 Å². The predicted molar refractivity (Wildman–Crippen MR) is 131 cm³/mol. The summed E-state index contributed by atoms with van der Waals surface area (Å²) in [4.78, 5) is 26.6. The number of amides is 1. The molecule has 0 atom stereocenters. The van der Waals surface area contributed by atoms with Crippen LogP contribution in [0.4, 0.5) is 5.13 Å². The number of halogens is 2. The minimum atomic E-state index is -0.104. The zero-order valence-corrected chi connectivity index (χ0v) is 20.1. The molecule has 2 heterocycles. The van der Waals surface area contributed by atoms with Crippen LogP contribution >= 0.6 is 46.7 Å². The monoisotopic (exact) mass is 480 g/mol. The molecule has 158 valence electrons. The van der Waals surface area contributed by atoms with Gasteiger partial charge in [-0.3, -0.25) is 9.69 Å². The average molecular weight is 481 g/mol. The number of carbonyl (C=O) groups excluding carboxylic acids is 1. The number of aromatic nitrogens is 2. The summed E-state index contributed by atoms with van der Waals surface area (Å²) in [5.41, 5.74) is 2.75. The number of rotatable bonds is 6. The summed E-state index contributed by atoms with van der Waals surface area (Å²) >= 11 is 9.14. The minimum Gasteiger partial charge on any atom is -0.309 e. The highest BCUT2D eigenvalue weighted by Gasteiger charge is 2.24. The van der Waals surface area contributed by atoms with Gasteiger partial charge in [0.25, 0.3) is 5.91 Å². The first-order valence-corrected chi connectivity index (χ1v) is 11.3. The van der Waals surface area contributed by atoms with E-state index in [-0.39, 0.29) is 18.3 Å². The topological polar surface area (TPSA) is 49.3 Å². The molecule has 2 aromatic heterocycles. The molecule has 5 nitrogen and oxygen atoms in total. The Morgan fingerprint density at radius 2 is 1.83 bits per heavy atom. The van der Waals surface area contributed by atoms with Crippen LogP contribution in [0, 0.1) is 6.92 Å². The molecule has 0 aliphatic carbocycles. The highest BCUT2D eigenvalue weighted by atomic mass is 35.5. The van der Waals surface area contributed by atoms with Gasteiger partial charge in [0.15, 0.2) is 10.1 Å². The van der Waals surface area contributed by atoms with Gasteiger partial charge in [-0.25, -0.2) is 9.97 Å². The SMILES string of the molecule is Cc1cc(Cl)cc2sc(N(CCCN(C)C)C(=O)c3nc4ccccc4s3)nc12.Cl. The molecule has 9 heteroatoms.